The molecule has 0 saturated carbocycles. The van der Waals surface area contributed by atoms with Gasteiger partial charge in [-0.05, 0) is 89.1 Å². The summed E-state index contributed by atoms with van der Waals surface area (Å²) < 4.78 is 29.0. The molecule has 0 aliphatic heterocycles. The lowest BCUT2D eigenvalue weighted by molar-refractivity contribution is -0.139. The van der Waals surface area contributed by atoms with Gasteiger partial charge in [0.25, 0.3) is 10.0 Å². The van der Waals surface area contributed by atoms with E-state index >= 15 is 0 Å². The van der Waals surface area contributed by atoms with E-state index in [2.05, 4.69) is 5.32 Å². The van der Waals surface area contributed by atoms with Crippen molar-refractivity contribution >= 4 is 50.7 Å². The molecule has 0 heterocycles. The third-order valence-electron chi connectivity index (χ3n) is 6.37. The lowest BCUT2D eigenvalue weighted by Crippen LogP contribution is -2.52. The maximum atomic E-state index is 14.0. The van der Waals surface area contributed by atoms with Gasteiger partial charge in [-0.1, -0.05) is 53.0 Å². The molecule has 1 N–H and O–H groups in total. The Labute approximate surface area is 247 Å². The second kappa shape index (κ2) is 13.1. The van der Waals surface area contributed by atoms with Crippen LogP contribution in [0.3, 0.4) is 0 Å². The van der Waals surface area contributed by atoms with Gasteiger partial charge in [0, 0.05) is 28.2 Å². The Hall–Kier alpha value is -3.07. The van der Waals surface area contributed by atoms with Crippen LogP contribution >= 0.6 is 23.2 Å². The van der Waals surface area contributed by atoms with Crippen molar-refractivity contribution in [1.29, 1.82) is 0 Å². The number of nitrogens with zero attached hydrogens (tertiary/aromatic N) is 2. The Balaban J connectivity index is 2.10. The van der Waals surface area contributed by atoms with Crippen LogP contribution in [-0.4, -0.2) is 43.8 Å². The van der Waals surface area contributed by atoms with Gasteiger partial charge in [-0.3, -0.25) is 13.9 Å². The number of benzene rings is 3. The zero-order chi connectivity index (χ0) is 29.8. The highest BCUT2D eigenvalue weighted by molar-refractivity contribution is 7.92. The van der Waals surface area contributed by atoms with E-state index in [0.29, 0.717) is 21.3 Å². The van der Waals surface area contributed by atoms with Crippen LogP contribution in [0.2, 0.25) is 10.0 Å². The Kier molecular flexibility index (Phi) is 10.3. The molecule has 0 bridgehead atoms. The van der Waals surface area contributed by atoms with E-state index in [9.17, 15) is 18.0 Å². The van der Waals surface area contributed by atoms with Gasteiger partial charge in [-0.2, -0.15) is 0 Å². The molecule has 214 valence electrons. The van der Waals surface area contributed by atoms with Crippen LogP contribution in [0.15, 0.2) is 65.6 Å². The summed E-state index contributed by atoms with van der Waals surface area (Å²) in [7, 11) is -4.15. The van der Waals surface area contributed by atoms with Gasteiger partial charge < -0.3 is 10.2 Å². The summed E-state index contributed by atoms with van der Waals surface area (Å²) in [6, 6.07) is 15.7. The standard InChI is InChI=1S/C30H35Cl2N3O4S/c1-19(2)33-30(37)23(6)34(17-26-27(31)8-7-9-28(26)32)29(36)18-35(24-15-21(4)14-22(5)16-24)40(38,39)25-12-10-20(3)11-13-25/h7-16,19,23H,17-18H2,1-6H3,(H,33,37). The maximum Gasteiger partial charge on any atom is 0.264 e. The molecule has 0 aliphatic rings. The molecule has 0 spiro atoms. The predicted molar refractivity (Wildman–Crippen MR) is 161 cm³/mol. The van der Waals surface area contributed by atoms with Crippen molar-refractivity contribution in [2.45, 2.75) is 65.1 Å². The largest absolute Gasteiger partial charge is 0.352 e. The van der Waals surface area contributed by atoms with Gasteiger partial charge in [-0.15, -0.1) is 0 Å². The Morgan fingerprint density at radius 2 is 1.40 bits per heavy atom. The molecule has 3 rings (SSSR count). The highest BCUT2D eigenvalue weighted by Gasteiger charge is 2.33. The van der Waals surface area contributed by atoms with Crippen LogP contribution in [0.25, 0.3) is 0 Å². The van der Waals surface area contributed by atoms with E-state index in [1.807, 2.05) is 40.7 Å². The number of rotatable bonds is 10. The smallest absolute Gasteiger partial charge is 0.264 e. The average Bonchev–Trinajstić information content (AvgIpc) is 2.85. The first kappa shape index (κ1) is 31.5. The topological polar surface area (TPSA) is 86.8 Å². The van der Waals surface area contributed by atoms with Crippen molar-refractivity contribution in [2.24, 2.45) is 0 Å². The summed E-state index contributed by atoms with van der Waals surface area (Å²) in [6.45, 7) is 10.2. The number of nitrogens with one attached hydrogen (secondary N) is 1. The van der Waals surface area contributed by atoms with E-state index in [0.717, 1.165) is 21.0 Å². The van der Waals surface area contributed by atoms with Crippen LogP contribution in [0.4, 0.5) is 5.69 Å². The van der Waals surface area contributed by atoms with Gasteiger partial charge in [0.2, 0.25) is 11.8 Å². The lowest BCUT2D eigenvalue weighted by Gasteiger charge is -2.33. The number of aryl methyl sites for hydroxylation is 3. The minimum atomic E-state index is -4.15. The van der Waals surface area contributed by atoms with Crippen molar-refractivity contribution in [3.05, 3.63) is 93.0 Å². The number of carbonyl (C=O) groups is 2. The Morgan fingerprint density at radius 1 is 0.850 bits per heavy atom. The molecule has 0 saturated heterocycles. The van der Waals surface area contributed by atoms with Crippen LogP contribution in [0.1, 0.15) is 43.0 Å². The molecular weight excluding hydrogens is 569 g/mol. The highest BCUT2D eigenvalue weighted by atomic mass is 35.5. The molecule has 1 unspecified atom stereocenters. The number of sulfonamides is 1. The summed E-state index contributed by atoms with van der Waals surface area (Å²) in [5, 5.41) is 3.49. The summed E-state index contributed by atoms with van der Waals surface area (Å²) in [6.07, 6.45) is 0. The van der Waals surface area contributed by atoms with Crippen molar-refractivity contribution in [2.75, 3.05) is 10.8 Å². The fourth-order valence-corrected chi connectivity index (χ4v) is 6.22. The van der Waals surface area contributed by atoms with Gasteiger partial charge in [0.1, 0.15) is 12.6 Å². The van der Waals surface area contributed by atoms with E-state index in [4.69, 9.17) is 23.2 Å². The normalized spacial score (nSPS) is 12.2. The predicted octanol–water partition coefficient (Wildman–Crippen LogP) is 6.06. The number of carbonyl (C=O) groups excluding carboxylic acids is 2. The minimum absolute atomic E-state index is 0.0522. The maximum absolute atomic E-state index is 14.0. The summed E-state index contributed by atoms with van der Waals surface area (Å²) in [5.41, 5.74) is 3.40. The van der Waals surface area contributed by atoms with Gasteiger partial charge in [-0.25, -0.2) is 8.42 Å². The van der Waals surface area contributed by atoms with Crippen molar-refractivity contribution in [1.82, 2.24) is 10.2 Å². The molecule has 1 atom stereocenters. The minimum Gasteiger partial charge on any atom is -0.352 e. The molecule has 7 nitrogen and oxygen atoms in total. The number of amides is 2. The van der Waals surface area contributed by atoms with Crippen LogP contribution < -0.4 is 9.62 Å². The summed E-state index contributed by atoms with van der Waals surface area (Å²) >= 11 is 12.8. The quantitative estimate of drug-likeness (QED) is 0.305. The second-order valence-corrected chi connectivity index (χ2v) is 12.9. The highest BCUT2D eigenvalue weighted by Crippen LogP contribution is 2.29. The lowest BCUT2D eigenvalue weighted by atomic mass is 10.1. The van der Waals surface area contributed by atoms with Crippen LogP contribution in [0, 0.1) is 20.8 Å². The molecule has 0 fully saturated rings. The van der Waals surface area contributed by atoms with Crippen LogP contribution in [0.5, 0.6) is 0 Å². The van der Waals surface area contributed by atoms with Crippen molar-refractivity contribution in [3.8, 4) is 0 Å². The number of hydrogen-bond donors (Lipinski definition) is 1. The Morgan fingerprint density at radius 3 is 1.93 bits per heavy atom. The molecule has 3 aromatic rings. The van der Waals surface area contributed by atoms with Crippen molar-refractivity contribution < 1.29 is 18.0 Å². The van der Waals surface area contributed by atoms with Gasteiger partial charge in [0.15, 0.2) is 0 Å². The number of hydrogen-bond acceptors (Lipinski definition) is 4. The van der Waals surface area contributed by atoms with E-state index in [-0.39, 0.29) is 23.4 Å². The zero-order valence-corrected chi connectivity index (χ0v) is 25.9. The summed E-state index contributed by atoms with van der Waals surface area (Å²) in [5.74, 6) is -0.969. The molecular formula is C30H35Cl2N3O4S. The molecule has 10 heteroatoms. The van der Waals surface area contributed by atoms with Crippen LogP contribution in [-0.2, 0) is 26.2 Å². The number of halogens is 2. The fraction of sp³-hybridized carbons (Fsp3) is 0.333. The van der Waals surface area contributed by atoms with E-state index in [1.165, 1.54) is 17.0 Å². The second-order valence-electron chi connectivity index (χ2n) is 10.2. The fourth-order valence-electron chi connectivity index (χ4n) is 4.30. The summed E-state index contributed by atoms with van der Waals surface area (Å²) in [4.78, 5) is 28.5. The monoisotopic (exact) mass is 603 g/mol. The van der Waals surface area contributed by atoms with E-state index in [1.54, 1.807) is 49.4 Å². The third-order valence-corrected chi connectivity index (χ3v) is 8.87. The van der Waals surface area contributed by atoms with Crippen molar-refractivity contribution in [3.63, 3.8) is 0 Å². The first-order valence-electron chi connectivity index (χ1n) is 12.9. The zero-order valence-electron chi connectivity index (χ0n) is 23.5. The Bertz CT molecular complexity index is 1450. The SMILES string of the molecule is Cc1ccc(S(=O)(=O)N(CC(=O)N(Cc2c(Cl)cccc2Cl)C(C)C(=O)NC(C)C)c2cc(C)cc(C)c2)cc1. The molecule has 3 aromatic carbocycles. The molecule has 40 heavy (non-hydrogen) atoms. The molecule has 0 aliphatic carbocycles. The molecule has 0 aromatic heterocycles. The van der Waals surface area contributed by atoms with Gasteiger partial charge in [0.05, 0.1) is 10.6 Å². The van der Waals surface area contributed by atoms with E-state index < -0.39 is 28.5 Å². The number of anilines is 1. The average molecular weight is 605 g/mol. The third kappa shape index (κ3) is 7.56. The first-order valence-corrected chi connectivity index (χ1v) is 15.1. The first-order chi connectivity index (χ1) is 18.7. The molecule has 2 amide bonds. The van der Waals surface area contributed by atoms with Gasteiger partial charge >= 0.3 is 0 Å². The molecule has 0 radical (unpaired) electrons.